The quantitative estimate of drug-likeness (QED) is 0.527. The Kier molecular flexibility index (Phi) is 3.96. The maximum atomic E-state index is 13.3. The summed E-state index contributed by atoms with van der Waals surface area (Å²) < 4.78 is 6.07. The monoisotopic (exact) mass is 377 g/mol. The Morgan fingerprint density at radius 2 is 1.76 bits per heavy atom. The first kappa shape index (κ1) is 17.0. The van der Waals surface area contributed by atoms with Crippen LogP contribution >= 0.6 is 0 Å². The Bertz CT molecular complexity index is 1280. The summed E-state index contributed by atoms with van der Waals surface area (Å²) >= 11 is 0. The summed E-state index contributed by atoms with van der Waals surface area (Å²) in [4.78, 5) is 18.1. The summed E-state index contributed by atoms with van der Waals surface area (Å²) in [7, 11) is 0. The SMILES string of the molecule is N#Cc1cccc(C2=Nc3ccccc3NC(=O)C2c2ccc3cccc-3o2)c1. The Morgan fingerprint density at radius 1 is 0.931 bits per heavy atom. The normalized spacial score (nSPS) is 15.8. The summed E-state index contributed by atoms with van der Waals surface area (Å²) in [5.41, 5.74) is 4.03. The fourth-order valence-corrected chi connectivity index (χ4v) is 3.58. The summed E-state index contributed by atoms with van der Waals surface area (Å²) in [6.07, 6.45) is 0. The number of amides is 1. The molecule has 2 aromatic rings. The molecule has 138 valence electrons. The van der Waals surface area contributed by atoms with Crippen LogP contribution < -0.4 is 5.32 Å². The highest BCUT2D eigenvalue weighted by Crippen LogP contribution is 2.36. The van der Waals surface area contributed by atoms with E-state index in [4.69, 9.17) is 9.41 Å². The molecular weight excluding hydrogens is 362 g/mol. The molecule has 1 aliphatic carbocycles. The van der Waals surface area contributed by atoms with Gasteiger partial charge < -0.3 is 9.73 Å². The second-order valence-electron chi connectivity index (χ2n) is 6.81. The molecule has 0 saturated carbocycles. The highest BCUT2D eigenvalue weighted by Gasteiger charge is 2.33. The Balaban J connectivity index is 1.74. The van der Waals surface area contributed by atoms with Gasteiger partial charge in [0.05, 0.1) is 28.7 Å². The van der Waals surface area contributed by atoms with Gasteiger partial charge in [-0.3, -0.25) is 4.79 Å². The van der Waals surface area contributed by atoms with Crippen LogP contribution in [-0.4, -0.2) is 11.6 Å². The number of aliphatic imine (C=N–C) groups is 1. The van der Waals surface area contributed by atoms with Crippen LogP contribution in [0.2, 0.25) is 0 Å². The van der Waals surface area contributed by atoms with Gasteiger partial charge in [-0.05, 0) is 48.0 Å². The number of para-hydroxylation sites is 2. The lowest BCUT2D eigenvalue weighted by Gasteiger charge is -2.17. The van der Waals surface area contributed by atoms with E-state index in [1.54, 1.807) is 18.2 Å². The standard InChI is InChI=1S/C24H15N3O2/c25-14-15-5-3-7-17(13-15)23-22(21-12-11-16-6-4-10-20(16)29-21)24(28)27-19-9-2-1-8-18(19)26-23/h1-13,22H,(H,27,28). The zero-order valence-corrected chi connectivity index (χ0v) is 15.3. The molecule has 3 aliphatic rings. The van der Waals surface area contributed by atoms with Gasteiger partial charge in [-0.2, -0.15) is 5.26 Å². The third-order valence-electron chi connectivity index (χ3n) is 4.97. The highest BCUT2D eigenvalue weighted by molar-refractivity contribution is 6.22. The van der Waals surface area contributed by atoms with Gasteiger partial charge >= 0.3 is 0 Å². The Labute approximate surface area is 167 Å². The van der Waals surface area contributed by atoms with Gasteiger partial charge in [0.1, 0.15) is 17.4 Å². The molecule has 5 nitrogen and oxygen atoms in total. The van der Waals surface area contributed by atoms with Crippen LogP contribution in [0.3, 0.4) is 0 Å². The van der Waals surface area contributed by atoms with E-state index < -0.39 is 5.92 Å². The van der Waals surface area contributed by atoms with E-state index in [0.29, 0.717) is 39.7 Å². The van der Waals surface area contributed by atoms with Crippen molar-refractivity contribution in [1.82, 2.24) is 0 Å². The molecule has 1 N–H and O–H groups in total. The molecule has 5 heteroatoms. The number of nitriles is 1. The van der Waals surface area contributed by atoms with E-state index in [-0.39, 0.29) is 5.91 Å². The number of anilines is 1. The minimum Gasteiger partial charge on any atom is -0.460 e. The number of rotatable bonds is 2. The second-order valence-corrected chi connectivity index (χ2v) is 6.81. The highest BCUT2D eigenvalue weighted by atomic mass is 16.3. The second kappa shape index (κ2) is 6.77. The molecule has 2 aromatic carbocycles. The first-order valence-electron chi connectivity index (χ1n) is 9.20. The van der Waals surface area contributed by atoms with Gasteiger partial charge in [0.25, 0.3) is 0 Å². The molecule has 29 heavy (non-hydrogen) atoms. The minimum atomic E-state index is -0.754. The molecule has 1 amide bonds. The van der Waals surface area contributed by atoms with Crippen LogP contribution in [0.25, 0.3) is 11.3 Å². The average molecular weight is 377 g/mol. The van der Waals surface area contributed by atoms with Crippen molar-refractivity contribution in [1.29, 1.82) is 5.26 Å². The maximum absolute atomic E-state index is 13.3. The zero-order valence-electron chi connectivity index (χ0n) is 15.3. The molecule has 0 aromatic heterocycles. The zero-order chi connectivity index (χ0) is 19.8. The summed E-state index contributed by atoms with van der Waals surface area (Å²) in [6, 6.07) is 26.1. The molecule has 2 aliphatic heterocycles. The molecule has 2 heterocycles. The lowest BCUT2D eigenvalue weighted by Crippen LogP contribution is -2.27. The van der Waals surface area contributed by atoms with Gasteiger partial charge in [0.15, 0.2) is 0 Å². The Hall–Kier alpha value is -4.17. The number of fused-ring (bicyclic) bond motifs is 2. The summed E-state index contributed by atoms with van der Waals surface area (Å²) in [5, 5.41) is 12.3. The van der Waals surface area contributed by atoms with E-state index in [1.165, 1.54) is 0 Å². The summed E-state index contributed by atoms with van der Waals surface area (Å²) in [6.45, 7) is 0. The van der Waals surface area contributed by atoms with E-state index in [2.05, 4.69) is 11.4 Å². The number of carbonyl (C=O) groups excluding carboxylic acids is 1. The molecule has 0 bridgehead atoms. The van der Waals surface area contributed by atoms with Crippen molar-refractivity contribution < 1.29 is 9.21 Å². The van der Waals surface area contributed by atoms with Crippen molar-refractivity contribution in [3.8, 4) is 17.4 Å². The van der Waals surface area contributed by atoms with Crippen molar-refractivity contribution in [3.63, 3.8) is 0 Å². The van der Waals surface area contributed by atoms with Gasteiger partial charge in [-0.15, -0.1) is 0 Å². The first-order valence-corrected chi connectivity index (χ1v) is 9.20. The Morgan fingerprint density at radius 3 is 2.66 bits per heavy atom. The van der Waals surface area contributed by atoms with Crippen molar-refractivity contribution in [2.75, 3.05) is 5.32 Å². The average Bonchev–Trinajstić information content (AvgIpc) is 3.16. The van der Waals surface area contributed by atoms with Crippen LogP contribution in [0.5, 0.6) is 0 Å². The number of nitrogens with one attached hydrogen (secondary N) is 1. The van der Waals surface area contributed by atoms with Gasteiger partial charge in [-0.25, -0.2) is 4.99 Å². The predicted molar refractivity (Wildman–Crippen MR) is 110 cm³/mol. The van der Waals surface area contributed by atoms with Crippen LogP contribution in [0.15, 0.2) is 88.3 Å². The van der Waals surface area contributed by atoms with Gasteiger partial charge in [-0.1, -0.05) is 36.4 Å². The third-order valence-corrected chi connectivity index (χ3v) is 4.97. The number of nitrogens with zero attached hydrogens (tertiary/aromatic N) is 2. The van der Waals surface area contributed by atoms with Gasteiger partial charge in [0.2, 0.25) is 5.91 Å². The maximum Gasteiger partial charge on any atom is 0.241 e. The molecule has 5 rings (SSSR count). The largest absolute Gasteiger partial charge is 0.460 e. The first-order chi connectivity index (χ1) is 14.2. The van der Waals surface area contributed by atoms with Crippen molar-refractivity contribution in [2.24, 2.45) is 4.99 Å². The predicted octanol–water partition coefficient (Wildman–Crippen LogP) is 5.11. The fraction of sp³-hybridized carbons (Fsp3) is 0.0417. The molecule has 1 atom stereocenters. The molecular formula is C24H15N3O2. The molecule has 1 unspecified atom stereocenters. The van der Waals surface area contributed by atoms with Crippen LogP contribution in [-0.2, 0) is 4.79 Å². The summed E-state index contributed by atoms with van der Waals surface area (Å²) in [5.74, 6) is 0.221. The van der Waals surface area contributed by atoms with Crippen LogP contribution in [0, 0.1) is 11.3 Å². The molecule has 0 fully saturated rings. The number of carbonyl (C=O) groups is 1. The van der Waals surface area contributed by atoms with Crippen LogP contribution in [0.4, 0.5) is 11.4 Å². The lowest BCUT2D eigenvalue weighted by molar-refractivity contribution is -0.116. The van der Waals surface area contributed by atoms with Gasteiger partial charge in [0, 0.05) is 5.56 Å². The minimum absolute atomic E-state index is 0.231. The number of benzene rings is 2. The molecule has 0 spiro atoms. The molecule has 0 saturated heterocycles. The topological polar surface area (TPSA) is 78.4 Å². The van der Waals surface area contributed by atoms with Crippen molar-refractivity contribution in [2.45, 2.75) is 5.92 Å². The lowest BCUT2D eigenvalue weighted by atomic mass is 9.92. The third kappa shape index (κ3) is 2.97. The molecule has 0 radical (unpaired) electrons. The van der Waals surface area contributed by atoms with E-state index in [9.17, 15) is 10.1 Å². The van der Waals surface area contributed by atoms with Crippen molar-refractivity contribution in [3.05, 3.63) is 95.7 Å². The number of hydrogen-bond donors (Lipinski definition) is 1. The van der Waals surface area contributed by atoms with E-state index in [1.807, 2.05) is 60.7 Å². The van der Waals surface area contributed by atoms with E-state index >= 15 is 0 Å². The van der Waals surface area contributed by atoms with Crippen LogP contribution in [0.1, 0.15) is 22.8 Å². The van der Waals surface area contributed by atoms with Crippen molar-refractivity contribution >= 4 is 23.0 Å². The smallest absolute Gasteiger partial charge is 0.241 e. The van der Waals surface area contributed by atoms with E-state index in [0.717, 1.165) is 5.56 Å². The fourth-order valence-electron chi connectivity index (χ4n) is 3.58. The number of hydrogen-bond acceptors (Lipinski definition) is 4.